The molecule has 1 saturated heterocycles. The topological polar surface area (TPSA) is 61.4 Å². The van der Waals surface area contributed by atoms with E-state index in [1.54, 1.807) is 6.92 Å². The number of carbonyl (C=O) groups is 1. The summed E-state index contributed by atoms with van der Waals surface area (Å²) in [5, 5.41) is 16.5. The van der Waals surface area contributed by atoms with Gasteiger partial charge in [0.2, 0.25) is 5.91 Å². The maximum atomic E-state index is 11.0. The molecule has 0 radical (unpaired) electrons. The smallest absolute Gasteiger partial charge is 0.220 e. The Balaban J connectivity index is 1.80. The van der Waals surface area contributed by atoms with E-state index >= 15 is 0 Å². The lowest BCUT2D eigenvalue weighted by Crippen LogP contribution is -2.41. The fourth-order valence-corrected chi connectivity index (χ4v) is 2.22. The lowest BCUT2D eigenvalue weighted by molar-refractivity contribution is -0.119. The van der Waals surface area contributed by atoms with Crippen LogP contribution in [0, 0.1) is 0 Å². The van der Waals surface area contributed by atoms with Crippen LogP contribution in [0.1, 0.15) is 25.3 Å². The average Bonchev–Trinajstić information content (AvgIpc) is 2.76. The van der Waals surface area contributed by atoms with Crippen molar-refractivity contribution < 1.29 is 9.90 Å². The molecule has 1 heterocycles. The lowest BCUT2D eigenvalue weighted by atomic mass is 9.96. The summed E-state index contributed by atoms with van der Waals surface area (Å²) in [6, 6.07) is 9.80. The molecule has 1 aromatic carbocycles. The van der Waals surface area contributed by atoms with E-state index in [0.717, 1.165) is 12.0 Å². The summed E-state index contributed by atoms with van der Waals surface area (Å²) in [6.45, 7) is 2.97. The minimum atomic E-state index is -0.885. The summed E-state index contributed by atoms with van der Waals surface area (Å²) >= 11 is 0. The molecule has 2 rings (SSSR count). The van der Waals surface area contributed by atoms with Crippen LogP contribution in [0.2, 0.25) is 0 Å². The van der Waals surface area contributed by atoms with Crippen molar-refractivity contribution in [1.82, 2.24) is 10.6 Å². The van der Waals surface area contributed by atoms with Gasteiger partial charge in [0.25, 0.3) is 0 Å². The molecule has 0 saturated carbocycles. The number of hydrogen-bond donors (Lipinski definition) is 3. The average molecular weight is 248 g/mol. The standard InChI is InChI=1S/C14H20N2O2/c1-14(18,11-5-3-2-4-6-11)10-15-9-12-7-8-13(17)16-12/h2-6,12,15,18H,7-10H2,1H3,(H,16,17). The van der Waals surface area contributed by atoms with Crippen molar-refractivity contribution in [2.24, 2.45) is 0 Å². The van der Waals surface area contributed by atoms with Crippen molar-refractivity contribution >= 4 is 5.91 Å². The number of aliphatic hydroxyl groups is 1. The monoisotopic (exact) mass is 248 g/mol. The van der Waals surface area contributed by atoms with Crippen molar-refractivity contribution in [3.05, 3.63) is 35.9 Å². The zero-order valence-corrected chi connectivity index (χ0v) is 10.6. The molecule has 4 nitrogen and oxygen atoms in total. The van der Waals surface area contributed by atoms with Crippen LogP contribution in [0.3, 0.4) is 0 Å². The first kappa shape index (κ1) is 13.1. The Morgan fingerprint density at radius 3 is 2.78 bits per heavy atom. The maximum Gasteiger partial charge on any atom is 0.220 e. The van der Waals surface area contributed by atoms with Gasteiger partial charge in [0, 0.05) is 25.6 Å². The quantitative estimate of drug-likeness (QED) is 0.721. The molecule has 1 aromatic rings. The largest absolute Gasteiger partial charge is 0.384 e. The zero-order valence-electron chi connectivity index (χ0n) is 10.6. The van der Waals surface area contributed by atoms with Gasteiger partial charge in [-0.1, -0.05) is 30.3 Å². The van der Waals surface area contributed by atoms with Gasteiger partial charge in [-0.2, -0.15) is 0 Å². The number of nitrogens with one attached hydrogen (secondary N) is 2. The van der Waals surface area contributed by atoms with E-state index in [9.17, 15) is 9.90 Å². The minimum absolute atomic E-state index is 0.122. The normalized spacial score (nSPS) is 22.6. The Labute approximate surface area is 107 Å². The lowest BCUT2D eigenvalue weighted by Gasteiger charge is -2.25. The summed E-state index contributed by atoms with van der Waals surface area (Å²) in [5.74, 6) is 0.122. The van der Waals surface area contributed by atoms with Crippen LogP contribution in [0.25, 0.3) is 0 Å². The van der Waals surface area contributed by atoms with Gasteiger partial charge < -0.3 is 15.7 Å². The fraction of sp³-hybridized carbons (Fsp3) is 0.500. The molecule has 98 valence electrons. The molecule has 1 amide bonds. The molecule has 1 fully saturated rings. The Morgan fingerprint density at radius 2 is 2.17 bits per heavy atom. The molecular formula is C14H20N2O2. The minimum Gasteiger partial charge on any atom is -0.384 e. The van der Waals surface area contributed by atoms with Crippen molar-refractivity contribution in [2.75, 3.05) is 13.1 Å². The van der Waals surface area contributed by atoms with E-state index < -0.39 is 5.60 Å². The molecule has 2 unspecified atom stereocenters. The van der Waals surface area contributed by atoms with E-state index in [2.05, 4.69) is 10.6 Å². The highest BCUT2D eigenvalue weighted by Crippen LogP contribution is 2.19. The third-order valence-electron chi connectivity index (χ3n) is 3.34. The van der Waals surface area contributed by atoms with Gasteiger partial charge in [-0.05, 0) is 18.9 Å². The number of benzene rings is 1. The van der Waals surface area contributed by atoms with Crippen LogP contribution in [-0.4, -0.2) is 30.1 Å². The SMILES string of the molecule is CC(O)(CNCC1CCC(=O)N1)c1ccccc1. The predicted octanol–water partition coefficient (Wildman–Crippen LogP) is 0.762. The second-order valence-electron chi connectivity index (χ2n) is 5.07. The Bertz CT molecular complexity index is 404. The van der Waals surface area contributed by atoms with Gasteiger partial charge in [-0.15, -0.1) is 0 Å². The second kappa shape index (κ2) is 5.50. The van der Waals surface area contributed by atoms with Crippen molar-refractivity contribution in [1.29, 1.82) is 0 Å². The van der Waals surface area contributed by atoms with Crippen LogP contribution >= 0.6 is 0 Å². The summed E-state index contributed by atoms with van der Waals surface area (Å²) in [4.78, 5) is 11.0. The van der Waals surface area contributed by atoms with Gasteiger partial charge in [0.1, 0.15) is 0 Å². The molecular weight excluding hydrogens is 228 g/mol. The van der Waals surface area contributed by atoms with E-state index in [0.29, 0.717) is 19.5 Å². The van der Waals surface area contributed by atoms with Gasteiger partial charge in [-0.3, -0.25) is 4.79 Å². The van der Waals surface area contributed by atoms with Crippen LogP contribution in [0.15, 0.2) is 30.3 Å². The van der Waals surface area contributed by atoms with Crippen LogP contribution in [-0.2, 0) is 10.4 Å². The first-order chi connectivity index (χ1) is 8.58. The third-order valence-corrected chi connectivity index (χ3v) is 3.34. The number of amides is 1. The van der Waals surface area contributed by atoms with Gasteiger partial charge in [0.15, 0.2) is 0 Å². The highest BCUT2D eigenvalue weighted by molar-refractivity contribution is 5.78. The highest BCUT2D eigenvalue weighted by atomic mass is 16.3. The summed E-state index contributed by atoms with van der Waals surface area (Å²) in [6.07, 6.45) is 1.49. The summed E-state index contributed by atoms with van der Waals surface area (Å²) in [5.41, 5.74) is 0.0112. The maximum absolute atomic E-state index is 11.0. The second-order valence-corrected chi connectivity index (χ2v) is 5.07. The predicted molar refractivity (Wildman–Crippen MR) is 70.0 cm³/mol. The van der Waals surface area contributed by atoms with E-state index in [1.807, 2.05) is 30.3 Å². The molecule has 2 atom stereocenters. The Morgan fingerprint density at radius 1 is 1.44 bits per heavy atom. The molecule has 0 aliphatic carbocycles. The van der Waals surface area contributed by atoms with Crippen molar-refractivity contribution in [2.45, 2.75) is 31.4 Å². The van der Waals surface area contributed by atoms with Gasteiger partial charge >= 0.3 is 0 Å². The zero-order chi connectivity index (χ0) is 13.0. The number of hydrogen-bond acceptors (Lipinski definition) is 3. The molecule has 1 aliphatic rings. The summed E-state index contributed by atoms with van der Waals surface area (Å²) < 4.78 is 0. The molecule has 0 bridgehead atoms. The van der Waals surface area contributed by atoms with Crippen LogP contribution in [0.4, 0.5) is 0 Å². The first-order valence-corrected chi connectivity index (χ1v) is 6.36. The molecule has 18 heavy (non-hydrogen) atoms. The Hall–Kier alpha value is -1.39. The number of rotatable bonds is 5. The highest BCUT2D eigenvalue weighted by Gasteiger charge is 2.24. The molecule has 3 N–H and O–H groups in total. The molecule has 1 aliphatic heterocycles. The van der Waals surface area contributed by atoms with Crippen molar-refractivity contribution in [3.8, 4) is 0 Å². The molecule has 0 spiro atoms. The molecule has 0 aromatic heterocycles. The van der Waals surface area contributed by atoms with Gasteiger partial charge in [0.05, 0.1) is 5.60 Å². The number of carbonyl (C=O) groups excluding carboxylic acids is 1. The summed E-state index contributed by atoms with van der Waals surface area (Å²) in [7, 11) is 0. The first-order valence-electron chi connectivity index (χ1n) is 6.36. The third kappa shape index (κ3) is 3.31. The fourth-order valence-electron chi connectivity index (χ4n) is 2.22. The van der Waals surface area contributed by atoms with E-state index in [4.69, 9.17) is 0 Å². The van der Waals surface area contributed by atoms with Gasteiger partial charge in [-0.25, -0.2) is 0 Å². The van der Waals surface area contributed by atoms with Crippen molar-refractivity contribution in [3.63, 3.8) is 0 Å². The molecule has 4 heteroatoms. The van der Waals surface area contributed by atoms with Crippen LogP contribution < -0.4 is 10.6 Å². The van der Waals surface area contributed by atoms with E-state index in [-0.39, 0.29) is 11.9 Å². The van der Waals surface area contributed by atoms with E-state index in [1.165, 1.54) is 0 Å². The Kier molecular flexibility index (Phi) is 3.99. The van der Waals surface area contributed by atoms with Crippen LogP contribution in [0.5, 0.6) is 0 Å².